The molecule has 7 heteroatoms. The summed E-state index contributed by atoms with van der Waals surface area (Å²) in [6.07, 6.45) is -0.721. The van der Waals surface area contributed by atoms with Crippen molar-refractivity contribution in [3.63, 3.8) is 0 Å². The maximum atomic E-state index is 10.7. The number of hydrogen-bond donors (Lipinski definition) is 1. The fourth-order valence-electron chi connectivity index (χ4n) is 3.83. The minimum Gasteiger partial charge on any atom is -0.491 e. The summed E-state index contributed by atoms with van der Waals surface area (Å²) in [7, 11) is 0. The topological polar surface area (TPSA) is 56.5 Å². The predicted molar refractivity (Wildman–Crippen MR) is 135 cm³/mol. The Morgan fingerprint density at radius 1 is 0.939 bits per heavy atom. The lowest BCUT2D eigenvalue weighted by Gasteiger charge is -2.17. The summed E-state index contributed by atoms with van der Waals surface area (Å²) in [6.45, 7) is 6.81. The van der Waals surface area contributed by atoms with Crippen LogP contribution in [0.15, 0.2) is 60.7 Å². The summed E-state index contributed by atoms with van der Waals surface area (Å²) in [6, 6.07) is 19.4. The van der Waals surface area contributed by atoms with Crippen molar-refractivity contribution in [2.24, 2.45) is 0 Å². The number of imidazole rings is 1. The Kier molecular flexibility index (Phi) is 8.25. The van der Waals surface area contributed by atoms with E-state index in [0.29, 0.717) is 23.9 Å². The first-order valence-corrected chi connectivity index (χ1v) is 11.0. The molecular weight excluding hydrogens is 459 g/mol. The van der Waals surface area contributed by atoms with Crippen LogP contribution in [0, 0.1) is 20.8 Å². The van der Waals surface area contributed by atoms with Crippen LogP contribution in [0.5, 0.6) is 11.5 Å². The number of aryl methyl sites for hydroxylation is 3. The summed E-state index contributed by atoms with van der Waals surface area (Å²) >= 11 is 6.01. The van der Waals surface area contributed by atoms with E-state index in [-0.39, 0.29) is 19.0 Å². The minimum atomic E-state index is -0.721. The van der Waals surface area contributed by atoms with E-state index in [1.165, 1.54) is 0 Å². The van der Waals surface area contributed by atoms with Gasteiger partial charge in [0.2, 0.25) is 0 Å². The normalized spacial score (nSPS) is 11.8. The maximum absolute atomic E-state index is 10.7. The van der Waals surface area contributed by atoms with Gasteiger partial charge < -0.3 is 19.1 Å². The average molecular weight is 487 g/mol. The second-order valence-electron chi connectivity index (χ2n) is 8.01. The monoisotopic (exact) mass is 486 g/mol. The molecule has 1 unspecified atom stereocenters. The third-order valence-corrected chi connectivity index (χ3v) is 5.68. The Morgan fingerprint density at radius 2 is 1.67 bits per heavy atom. The summed E-state index contributed by atoms with van der Waals surface area (Å²) in [4.78, 5) is 4.75. The van der Waals surface area contributed by atoms with Gasteiger partial charge in [0.05, 0.1) is 17.6 Å². The number of rotatable bonds is 8. The molecule has 0 fully saturated rings. The molecule has 0 saturated heterocycles. The van der Waals surface area contributed by atoms with Crippen molar-refractivity contribution in [2.45, 2.75) is 40.0 Å². The molecule has 1 heterocycles. The standard InChI is InChI=1S/C26H27ClN2O3.ClH/c1-17-7-6-8-18(2)26(17)32-16-25-28-22-9-4-5-10-23(22)29(25)14-21(30)15-31-24-12-11-20(27)13-19(24)3;/h4-13,21,30H,14-16H2,1-3H3;1H. The molecule has 3 aromatic carbocycles. The van der Waals surface area contributed by atoms with Crippen molar-refractivity contribution < 1.29 is 14.6 Å². The van der Waals surface area contributed by atoms with Gasteiger partial charge in [0.15, 0.2) is 0 Å². The number of aromatic nitrogens is 2. The zero-order valence-corrected chi connectivity index (χ0v) is 20.5. The molecular formula is C26H28Cl2N2O3. The second-order valence-corrected chi connectivity index (χ2v) is 8.45. The van der Waals surface area contributed by atoms with Gasteiger partial charge in [-0.1, -0.05) is 41.9 Å². The Balaban J connectivity index is 0.00000306. The Labute approximate surface area is 205 Å². The molecule has 0 radical (unpaired) electrons. The first-order chi connectivity index (χ1) is 15.4. The summed E-state index contributed by atoms with van der Waals surface area (Å²) in [5.41, 5.74) is 4.92. The van der Waals surface area contributed by atoms with Crippen molar-refractivity contribution in [1.82, 2.24) is 9.55 Å². The van der Waals surface area contributed by atoms with E-state index in [1.807, 2.05) is 79.9 Å². The highest BCUT2D eigenvalue weighted by Crippen LogP contribution is 2.25. The molecule has 0 amide bonds. The largest absolute Gasteiger partial charge is 0.491 e. The van der Waals surface area contributed by atoms with Gasteiger partial charge in [-0.25, -0.2) is 4.98 Å². The van der Waals surface area contributed by atoms with E-state index in [1.54, 1.807) is 6.07 Å². The number of ether oxygens (including phenoxy) is 2. The molecule has 0 spiro atoms. The third kappa shape index (κ3) is 5.80. The van der Waals surface area contributed by atoms with E-state index in [2.05, 4.69) is 0 Å². The van der Waals surface area contributed by atoms with Gasteiger partial charge in [0, 0.05) is 5.02 Å². The lowest BCUT2D eigenvalue weighted by atomic mass is 10.1. The Morgan fingerprint density at radius 3 is 2.39 bits per heavy atom. The average Bonchev–Trinajstić information content (AvgIpc) is 3.10. The first kappa shape index (κ1) is 24.9. The van der Waals surface area contributed by atoms with Crippen molar-refractivity contribution in [2.75, 3.05) is 6.61 Å². The van der Waals surface area contributed by atoms with E-state index < -0.39 is 6.10 Å². The molecule has 0 saturated carbocycles. The van der Waals surface area contributed by atoms with Crippen molar-refractivity contribution in [3.8, 4) is 11.5 Å². The van der Waals surface area contributed by atoms with Crippen molar-refractivity contribution in [1.29, 1.82) is 0 Å². The number of hydrogen-bond acceptors (Lipinski definition) is 4. The van der Waals surface area contributed by atoms with E-state index in [9.17, 15) is 5.11 Å². The number of nitrogens with zero attached hydrogens (tertiary/aromatic N) is 2. The lowest BCUT2D eigenvalue weighted by molar-refractivity contribution is 0.0914. The van der Waals surface area contributed by atoms with Crippen LogP contribution in [0.2, 0.25) is 5.02 Å². The number of aliphatic hydroxyl groups is 1. The van der Waals surface area contributed by atoms with Gasteiger partial charge in [-0.2, -0.15) is 0 Å². The van der Waals surface area contributed by atoms with Gasteiger partial charge in [0.1, 0.15) is 36.6 Å². The molecule has 33 heavy (non-hydrogen) atoms. The molecule has 1 aromatic heterocycles. The summed E-state index contributed by atoms with van der Waals surface area (Å²) in [5, 5.41) is 11.4. The van der Waals surface area contributed by atoms with Crippen LogP contribution in [-0.4, -0.2) is 27.4 Å². The summed E-state index contributed by atoms with van der Waals surface area (Å²) < 4.78 is 14.0. The van der Waals surface area contributed by atoms with Gasteiger partial charge in [-0.15, -0.1) is 12.4 Å². The lowest BCUT2D eigenvalue weighted by Crippen LogP contribution is -2.25. The molecule has 1 N–H and O–H groups in total. The second kappa shape index (κ2) is 10.9. The number of benzene rings is 3. The van der Waals surface area contributed by atoms with E-state index >= 15 is 0 Å². The van der Waals surface area contributed by atoms with E-state index in [0.717, 1.165) is 39.3 Å². The van der Waals surface area contributed by atoms with Crippen LogP contribution in [0.4, 0.5) is 0 Å². The quantitative estimate of drug-likeness (QED) is 0.329. The van der Waals surface area contributed by atoms with Crippen molar-refractivity contribution >= 4 is 35.0 Å². The van der Waals surface area contributed by atoms with Crippen LogP contribution in [-0.2, 0) is 13.2 Å². The number of halogens is 2. The highest BCUT2D eigenvalue weighted by atomic mass is 35.5. The van der Waals surface area contributed by atoms with Gasteiger partial charge in [-0.3, -0.25) is 0 Å². The number of para-hydroxylation sites is 3. The fourth-order valence-corrected chi connectivity index (χ4v) is 4.05. The fraction of sp³-hybridized carbons (Fsp3) is 0.269. The molecule has 1 atom stereocenters. The molecule has 0 bridgehead atoms. The first-order valence-electron chi connectivity index (χ1n) is 10.6. The van der Waals surface area contributed by atoms with Crippen molar-refractivity contribution in [3.05, 3.63) is 88.2 Å². The Bertz CT molecular complexity index is 1220. The van der Waals surface area contributed by atoms with E-state index in [4.69, 9.17) is 26.1 Å². The maximum Gasteiger partial charge on any atom is 0.148 e. The number of aliphatic hydroxyl groups excluding tert-OH is 1. The molecule has 0 aliphatic carbocycles. The van der Waals surface area contributed by atoms with Crippen LogP contribution < -0.4 is 9.47 Å². The molecule has 0 aliphatic heterocycles. The van der Waals surface area contributed by atoms with Crippen LogP contribution in [0.3, 0.4) is 0 Å². The smallest absolute Gasteiger partial charge is 0.148 e. The SMILES string of the molecule is Cc1cc(Cl)ccc1OCC(O)Cn1c(COc2c(C)cccc2C)nc2ccccc21.Cl. The van der Waals surface area contributed by atoms with Crippen LogP contribution >= 0.6 is 24.0 Å². The molecule has 0 aliphatic rings. The zero-order chi connectivity index (χ0) is 22.7. The minimum absolute atomic E-state index is 0. The molecule has 4 aromatic rings. The molecule has 5 nitrogen and oxygen atoms in total. The van der Waals surface area contributed by atoms with Gasteiger partial charge in [0.25, 0.3) is 0 Å². The highest BCUT2D eigenvalue weighted by molar-refractivity contribution is 6.30. The third-order valence-electron chi connectivity index (χ3n) is 5.45. The highest BCUT2D eigenvalue weighted by Gasteiger charge is 2.16. The molecule has 174 valence electrons. The van der Waals surface area contributed by atoms with Gasteiger partial charge in [-0.05, 0) is 67.8 Å². The predicted octanol–water partition coefficient (Wildman–Crippen LogP) is 6.06. The Hall–Kier alpha value is -2.73. The van der Waals surface area contributed by atoms with Crippen LogP contribution in [0.1, 0.15) is 22.5 Å². The zero-order valence-electron chi connectivity index (χ0n) is 18.9. The summed E-state index contributed by atoms with van der Waals surface area (Å²) in [5.74, 6) is 2.34. The number of fused-ring (bicyclic) bond motifs is 1. The van der Waals surface area contributed by atoms with Crippen LogP contribution in [0.25, 0.3) is 11.0 Å². The van der Waals surface area contributed by atoms with Gasteiger partial charge >= 0.3 is 0 Å². The molecule has 4 rings (SSSR count).